The van der Waals surface area contributed by atoms with E-state index >= 15 is 0 Å². The van der Waals surface area contributed by atoms with Gasteiger partial charge in [-0.3, -0.25) is 9.67 Å². The molecular weight excluding hydrogens is 321 g/mol. The zero-order valence-corrected chi connectivity index (χ0v) is 13.7. The Hall–Kier alpha value is -2.76. The van der Waals surface area contributed by atoms with E-state index in [1.807, 2.05) is 4.68 Å². The lowest BCUT2D eigenvalue weighted by Crippen LogP contribution is -2.05. The molecule has 3 aromatic rings. The van der Waals surface area contributed by atoms with E-state index in [0.717, 1.165) is 29.8 Å². The molecule has 25 heavy (non-hydrogen) atoms. The number of carboxylic acid groups (broad SMARTS) is 1. The van der Waals surface area contributed by atoms with Crippen molar-refractivity contribution in [2.45, 2.75) is 32.2 Å². The fourth-order valence-corrected chi connectivity index (χ4v) is 3.19. The molecule has 0 unspecified atom stereocenters. The molecule has 128 valence electrons. The number of halogens is 1. The number of hydrogen-bond donors (Lipinski definition) is 1. The average Bonchev–Trinajstić information content (AvgIpc) is 3.37. The molecule has 1 aromatic carbocycles. The average molecular weight is 339 g/mol. The van der Waals surface area contributed by atoms with Gasteiger partial charge in [-0.1, -0.05) is 12.8 Å². The van der Waals surface area contributed by atoms with Gasteiger partial charge in [-0.25, -0.2) is 9.18 Å². The molecule has 0 aliphatic heterocycles. The minimum Gasteiger partial charge on any atom is -0.478 e. The fourth-order valence-electron chi connectivity index (χ4n) is 3.19. The van der Waals surface area contributed by atoms with Gasteiger partial charge >= 0.3 is 5.97 Å². The molecule has 1 fully saturated rings. The predicted octanol–water partition coefficient (Wildman–Crippen LogP) is 3.66. The molecule has 0 saturated heterocycles. The summed E-state index contributed by atoms with van der Waals surface area (Å²) in [6.07, 6.45) is 6.93. The van der Waals surface area contributed by atoms with E-state index in [-0.39, 0.29) is 11.4 Å². The van der Waals surface area contributed by atoms with Crippen molar-refractivity contribution in [1.82, 2.24) is 14.8 Å². The standard InChI is InChI=1S/C19H18FN3O2/c20-14-3-4-18-16(10-14)17(22-23(18)8-6-12-1-2-12)9-13-11-21-7-5-15(13)19(24)25/h3-5,7,10-12H,1-2,6,8-9H2,(H,24,25). The number of nitrogens with zero attached hydrogens (tertiary/aromatic N) is 3. The summed E-state index contributed by atoms with van der Waals surface area (Å²) < 4.78 is 15.7. The topological polar surface area (TPSA) is 68.0 Å². The Morgan fingerprint density at radius 2 is 2.16 bits per heavy atom. The number of carbonyl (C=O) groups is 1. The number of benzene rings is 1. The van der Waals surface area contributed by atoms with Crippen molar-refractivity contribution in [3.8, 4) is 0 Å². The number of carboxylic acids is 1. The van der Waals surface area contributed by atoms with Gasteiger partial charge in [0, 0.05) is 30.7 Å². The van der Waals surface area contributed by atoms with Crippen LogP contribution in [0.25, 0.3) is 10.9 Å². The van der Waals surface area contributed by atoms with E-state index in [4.69, 9.17) is 0 Å². The van der Waals surface area contributed by atoms with Crippen LogP contribution in [0.2, 0.25) is 0 Å². The van der Waals surface area contributed by atoms with Crippen LogP contribution in [-0.2, 0) is 13.0 Å². The van der Waals surface area contributed by atoms with Gasteiger partial charge in [0.2, 0.25) is 0 Å². The first-order valence-electron chi connectivity index (χ1n) is 8.43. The molecule has 5 nitrogen and oxygen atoms in total. The number of aromatic carboxylic acids is 1. The molecule has 0 atom stereocenters. The van der Waals surface area contributed by atoms with Crippen molar-refractivity contribution >= 4 is 16.9 Å². The summed E-state index contributed by atoms with van der Waals surface area (Å²) >= 11 is 0. The quantitative estimate of drug-likeness (QED) is 0.744. The van der Waals surface area contributed by atoms with Crippen LogP contribution in [0.3, 0.4) is 0 Å². The Kier molecular flexibility index (Phi) is 3.95. The predicted molar refractivity (Wildman–Crippen MR) is 91.0 cm³/mol. The Balaban J connectivity index is 1.73. The van der Waals surface area contributed by atoms with Crippen molar-refractivity contribution in [3.63, 3.8) is 0 Å². The summed E-state index contributed by atoms with van der Waals surface area (Å²) in [7, 11) is 0. The highest BCUT2D eigenvalue weighted by atomic mass is 19.1. The number of pyridine rings is 1. The monoisotopic (exact) mass is 339 g/mol. The lowest BCUT2D eigenvalue weighted by Gasteiger charge is -2.03. The van der Waals surface area contributed by atoms with Crippen LogP contribution in [0.4, 0.5) is 4.39 Å². The van der Waals surface area contributed by atoms with E-state index in [1.54, 1.807) is 6.07 Å². The van der Waals surface area contributed by atoms with Gasteiger partial charge in [0.25, 0.3) is 0 Å². The van der Waals surface area contributed by atoms with Crippen LogP contribution in [0.1, 0.15) is 40.9 Å². The molecule has 6 heteroatoms. The molecule has 4 rings (SSSR count). The van der Waals surface area contributed by atoms with E-state index in [1.165, 1.54) is 43.4 Å². The van der Waals surface area contributed by atoms with E-state index in [2.05, 4.69) is 10.1 Å². The van der Waals surface area contributed by atoms with Gasteiger partial charge in [-0.05, 0) is 42.2 Å². The van der Waals surface area contributed by atoms with Crippen LogP contribution in [0.5, 0.6) is 0 Å². The maximum absolute atomic E-state index is 13.8. The molecule has 0 spiro atoms. The molecule has 1 N–H and O–H groups in total. The van der Waals surface area contributed by atoms with Crippen molar-refractivity contribution in [2.75, 3.05) is 0 Å². The summed E-state index contributed by atoms with van der Waals surface area (Å²) in [5, 5.41) is 14.7. The third-order valence-corrected chi connectivity index (χ3v) is 4.73. The molecule has 0 amide bonds. The molecule has 1 aliphatic carbocycles. The van der Waals surface area contributed by atoms with E-state index in [0.29, 0.717) is 17.7 Å². The fraction of sp³-hybridized carbons (Fsp3) is 0.316. The SMILES string of the molecule is O=C(O)c1ccncc1Cc1nn(CCC2CC2)c2ccc(F)cc12. The van der Waals surface area contributed by atoms with E-state index in [9.17, 15) is 14.3 Å². The van der Waals surface area contributed by atoms with Gasteiger partial charge in [0.05, 0.1) is 16.8 Å². The lowest BCUT2D eigenvalue weighted by molar-refractivity contribution is 0.0695. The van der Waals surface area contributed by atoms with Gasteiger partial charge in [0.1, 0.15) is 5.82 Å². The normalized spacial score (nSPS) is 14.1. The second-order valence-electron chi connectivity index (χ2n) is 6.58. The number of hydrogen-bond acceptors (Lipinski definition) is 3. The summed E-state index contributed by atoms with van der Waals surface area (Å²) in [5.41, 5.74) is 2.35. The van der Waals surface area contributed by atoms with E-state index < -0.39 is 5.97 Å². The Morgan fingerprint density at radius 3 is 2.92 bits per heavy atom. The first-order chi connectivity index (χ1) is 12.1. The summed E-state index contributed by atoms with van der Waals surface area (Å²) in [4.78, 5) is 15.4. The third-order valence-electron chi connectivity index (χ3n) is 4.73. The minimum absolute atomic E-state index is 0.201. The molecule has 1 aliphatic rings. The second kappa shape index (κ2) is 6.27. The summed E-state index contributed by atoms with van der Waals surface area (Å²) in [5.74, 6) is -0.540. The molecule has 0 bridgehead atoms. The largest absolute Gasteiger partial charge is 0.478 e. The van der Waals surface area contributed by atoms with Crippen molar-refractivity contribution in [1.29, 1.82) is 0 Å². The minimum atomic E-state index is -0.999. The number of fused-ring (bicyclic) bond motifs is 1. The zero-order chi connectivity index (χ0) is 17.4. The number of rotatable bonds is 6. The molecule has 2 aromatic heterocycles. The maximum atomic E-state index is 13.8. The highest BCUT2D eigenvalue weighted by Crippen LogP contribution is 2.33. The summed E-state index contributed by atoms with van der Waals surface area (Å²) in [6, 6.07) is 6.14. The van der Waals surface area contributed by atoms with Gasteiger partial charge in [-0.2, -0.15) is 5.10 Å². The van der Waals surface area contributed by atoms with Crippen molar-refractivity contribution in [2.24, 2.45) is 5.92 Å². The van der Waals surface area contributed by atoms with Crippen LogP contribution in [0, 0.1) is 11.7 Å². The zero-order valence-electron chi connectivity index (χ0n) is 13.7. The van der Waals surface area contributed by atoms with Crippen molar-refractivity contribution in [3.05, 3.63) is 59.3 Å². The first kappa shape index (κ1) is 15.7. The van der Waals surface area contributed by atoms with Gasteiger partial charge < -0.3 is 5.11 Å². The smallest absolute Gasteiger partial charge is 0.336 e. The van der Waals surface area contributed by atoms with Crippen LogP contribution >= 0.6 is 0 Å². The lowest BCUT2D eigenvalue weighted by atomic mass is 10.0. The third kappa shape index (κ3) is 3.24. The molecule has 0 radical (unpaired) electrons. The highest BCUT2D eigenvalue weighted by molar-refractivity contribution is 5.89. The maximum Gasteiger partial charge on any atom is 0.336 e. The molecular formula is C19H18FN3O2. The highest BCUT2D eigenvalue weighted by Gasteiger charge is 2.22. The van der Waals surface area contributed by atoms with Crippen LogP contribution < -0.4 is 0 Å². The Morgan fingerprint density at radius 1 is 1.32 bits per heavy atom. The van der Waals surface area contributed by atoms with Crippen molar-refractivity contribution < 1.29 is 14.3 Å². The molecule has 2 heterocycles. The van der Waals surface area contributed by atoms with Crippen LogP contribution in [0.15, 0.2) is 36.7 Å². The molecule has 1 saturated carbocycles. The number of aromatic nitrogens is 3. The van der Waals surface area contributed by atoms with Crippen LogP contribution in [-0.4, -0.2) is 25.8 Å². The Labute approximate surface area is 144 Å². The second-order valence-corrected chi connectivity index (χ2v) is 6.58. The first-order valence-corrected chi connectivity index (χ1v) is 8.43. The number of aryl methyl sites for hydroxylation is 1. The van der Waals surface area contributed by atoms with Gasteiger partial charge in [0.15, 0.2) is 0 Å². The summed E-state index contributed by atoms with van der Waals surface area (Å²) in [6.45, 7) is 0.797. The van der Waals surface area contributed by atoms with Gasteiger partial charge in [-0.15, -0.1) is 0 Å². The Bertz CT molecular complexity index is 947.